The van der Waals surface area contributed by atoms with E-state index in [9.17, 15) is 19.7 Å². The zero-order chi connectivity index (χ0) is 16.2. The number of benzene rings is 1. The lowest BCUT2D eigenvalue weighted by Crippen LogP contribution is -2.49. The second-order valence-electron chi connectivity index (χ2n) is 5.77. The molecule has 0 saturated carbocycles. The Morgan fingerprint density at radius 2 is 1.90 bits per heavy atom. The Balaban J connectivity index is 2.87. The number of para-hydroxylation sites is 1. The number of aliphatic carboxylic acids is 1. The van der Waals surface area contributed by atoms with Crippen LogP contribution in [0.1, 0.15) is 26.3 Å². The van der Waals surface area contributed by atoms with Crippen LogP contribution in [0.2, 0.25) is 0 Å². The number of hydrogen-bond acceptors (Lipinski definition) is 4. The van der Waals surface area contributed by atoms with Gasteiger partial charge in [-0.15, -0.1) is 0 Å². The molecule has 2 N–H and O–H groups in total. The van der Waals surface area contributed by atoms with Crippen molar-refractivity contribution in [3.8, 4) is 0 Å². The first kappa shape index (κ1) is 16.6. The Bertz CT molecular complexity index is 563. The zero-order valence-electron chi connectivity index (χ0n) is 12.1. The molecular weight excluding hydrogens is 276 g/mol. The third kappa shape index (κ3) is 4.55. The highest BCUT2D eigenvalue weighted by Gasteiger charge is 2.32. The minimum atomic E-state index is -1.14. The van der Waals surface area contributed by atoms with E-state index in [4.69, 9.17) is 5.11 Å². The molecule has 21 heavy (non-hydrogen) atoms. The Kier molecular flexibility index (Phi) is 5.02. The van der Waals surface area contributed by atoms with Crippen LogP contribution in [-0.2, 0) is 16.0 Å². The lowest BCUT2D eigenvalue weighted by Gasteiger charge is -2.27. The van der Waals surface area contributed by atoms with Gasteiger partial charge in [0.15, 0.2) is 0 Å². The number of rotatable bonds is 5. The van der Waals surface area contributed by atoms with Crippen LogP contribution in [-0.4, -0.2) is 27.9 Å². The number of amides is 1. The second kappa shape index (κ2) is 6.34. The van der Waals surface area contributed by atoms with E-state index in [1.54, 1.807) is 26.8 Å². The van der Waals surface area contributed by atoms with Gasteiger partial charge in [-0.05, 0) is 5.41 Å². The smallest absolute Gasteiger partial charge is 0.326 e. The van der Waals surface area contributed by atoms with Crippen LogP contribution >= 0.6 is 0 Å². The minimum Gasteiger partial charge on any atom is -0.480 e. The van der Waals surface area contributed by atoms with Crippen LogP contribution in [0.25, 0.3) is 0 Å². The van der Waals surface area contributed by atoms with Gasteiger partial charge in [-0.1, -0.05) is 39.0 Å². The zero-order valence-corrected chi connectivity index (χ0v) is 12.1. The van der Waals surface area contributed by atoms with Gasteiger partial charge in [0.2, 0.25) is 5.91 Å². The number of nitro benzene ring substituents is 1. The monoisotopic (exact) mass is 294 g/mol. The maximum absolute atomic E-state index is 12.0. The molecule has 114 valence electrons. The molecule has 1 amide bonds. The highest BCUT2D eigenvalue weighted by molar-refractivity contribution is 5.85. The fraction of sp³-hybridized carbons (Fsp3) is 0.429. The van der Waals surface area contributed by atoms with Gasteiger partial charge in [-0.2, -0.15) is 0 Å². The fourth-order valence-corrected chi connectivity index (χ4v) is 1.87. The van der Waals surface area contributed by atoms with Crippen molar-refractivity contribution in [2.45, 2.75) is 33.2 Å². The third-order valence-electron chi connectivity index (χ3n) is 2.96. The summed E-state index contributed by atoms with van der Waals surface area (Å²) in [5, 5.41) is 22.4. The van der Waals surface area contributed by atoms with Crippen molar-refractivity contribution in [2.75, 3.05) is 0 Å². The molecule has 0 aliphatic rings. The molecule has 0 fully saturated rings. The Morgan fingerprint density at radius 1 is 1.33 bits per heavy atom. The molecule has 0 heterocycles. The highest BCUT2D eigenvalue weighted by atomic mass is 16.6. The van der Waals surface area contributed by atoms with Crippen molar-refractivity contribution < 1.29 is 19.6 Å². The van der Waals surface area contributed by atoms with Gasteiger partial charge in [0.05, 0.1) is 11.3 Å². The van der Waals surface area contributed by atoms with E-state index in [0.29, 0.717) is 0 Å². The van der Waals surface area contributed by atoms with Crippen LogP contribution in [0.4, 0.5) is 5.69 Å². The Hall–Kier alpha value is -2.44. The molecule has 1 rings (SSSR count). The molecule has 1 atom stereocenters. The van der Waals surface area contributed by atoms with Crippen LogP contribution in [0.3, 0.4) is 0 Å². The third-order valence-corrected chi connectivity index (χ3v) is 2.96. The molecule has 0 aromatic heterocycles. The molecular formula is C14H18N2O5. The topological polar surface area (TPSA) is 110 Å². The van der Waals surface area contributed by atoms with E-state index in [1.807, 2.05) is 0 Å². The Morgan fingerprint density at radius 3 is 2.38 bits per heavy atom. The number of nitrogens with zero attached hydrogens (tertiary/aromatic N) is 1. The highest BCUT2D eigenvalue weighted by Crippen LogP contribution is 2.21. The number of nitrogens with one attached hydrogen (secondary N) is 1. The van der Waals surface area contributed by atoms with Gasteiger partial charge in [-0.3, -0.25) is 14.9 Å². The summed E-state index contributed by atoms with van der Waals surface area (Å²) in [7, 11) is 0. The minimum absolute atomic E-state index is 0.157. The van der Waals surface area contributed by atoms with Crippen molar-refractivity contribution in [1.29, 1.82) is 0 Å². The first-order chi connectivity index (χ1) is 9.62. The van der Waals surface area contributed by atoms with Gasteiger partial charge in [0.25, 0.3) is 5.69 Å². The van der Waals surface area contributed by atoms with E-state index in [2.05, 4.69) is 5.32 Å². The summed E-state index contributed by atoms with van der Waals surface area (Å²) in [6, 6.07) is 4.82. The molecule has 0 aliphatic carbocycles. The maximum atomic E-state index is 12.0. The molecule has 1 aromatic rings. The van der Waals surface area contributed by atoms with Crippen molar-refractivity contribution in [3.05, 3.63) is 39.9 Å². The molecule has 0 saturated heterocycles. The van der Waals surface area contributed by atoms with E-state index >= 15 is 0 Å². The van der Waals surface area contributed by atoms with Gasteiger partial charge < -0.3 is 10.4 Å². The molecule has 1 aromatic carbocycles. The summed E-state index contributed by atoms with van der Waals surface area (Å²) in [5.41, 5.74) is -0.572. The van der Waals surface area contributed by atoms with Crippen LogP contribution in [0.15, 0.2) is 24.3 Å². The van der Waals surface area contributed by atoms with Gasteiger partial charge in [-0.25, -0.2) is 4.79 Å². The number of carbonyl (C=O) groups excluding carboxylic acids is 1. The molecule has 7 heteroatoms. The molecule has 7 nitrogen and oxygen atoms in total. The lowest BCUT2D eigenvalue weighted by atomic mass is 9.86. The molecule has 0 radical (unpaired) electrons. The predicted molar refractivity (Wildman–Crippen MR) is 75.8 cm³/mol. The number of nitro groups is 1. The Labute approximate surface area is 122 Å². The average molecular weight is 294 g/mol. The number of hydrogen-bond donors (Lipinski definition) is 2. The summed E-state index contributed by atoms with van der Waals surface area (Å²) in [6.07, 6.45) is -0.239. The van der Waals surface area contributed by atoms with Crippen LogP contribution < -0.4 is 5.32 Å². The fourth-order valence-electron chi connectivity index (χ4n) is 1.87. The lowest BCUT2D eigenvalue weighted by molar-refractivity contribution is -0.385. The first-order valence-corrected chi connectivity index (χ1v) is 6.37. The van der Waals surface area contributed by atoms with Crippen LogP contribution in [0.5, 0.6) is 0 Å². The van der Waals surface area contributed by atoms with Crippen LogP contribution in [0, 0.1) is 15.5 Å². The van der Waals surface area contributed by atoms with Crippen molar-refractivity contribution in [3.63, 3.8) is 0 Å². The predicted octanol–water partition coefficient (Wildman–Crippen LogP) is 1.75. The quantitative estimate of drug-likeness (QED) is 0.635. The van der Waals surface area contributed by atoms with E-state index in [-0.39, 0.29) is 17.7 Å². The summed E-state index contributed by atoms with van der Waals surface area (Å²) < 4.78 is 0. The second-order valence-corrected chi connectivity index (χ2v) is 5.77. The molecule has 0 aliphatic heterocycles. The van der Waals surface area contributed by atoms with Crippen molar-refractivity contribution in [2.24, 2.45) is 5.41 Å². The summed E-state index contributed by atoms with van der Waals surface area (Å²) in [4.78, 5) is 33.4. The number of carboxylic acids is 1. The van der Waals surface area contributed by atoms with E-state index in [0.717, 1.165) is 0 Å². The summed E-state index contributed by atoms with van der Waals surface area (Å²) in [6.45, 7) is 5.07. The maximum Gasteiger partial charge on any atom is 0.326 e. The van der Waals surface area contributed by atoms with Gasteiger partial charge in [0.1, 0.15) is 6.04 Å². The largest absolute Gasteiger partial charge is 0.480 e. The summed E-state index contributed by atoms with van der Waals surface area (Å²) in [5.74, 6) is -1.70. The average Bonchev–Trinajstić information content (AvgIpc) is 2.34. The number of carbonyl (C=O) groups is 2. The van der Waals surface area contributed by atoms with Crippen molar-refractivity contribution in [1.82, 2.24) is 5.32 Å². The van der Waals surface area contributed by atoms with E-state index < -0.39 is 28.3 Å². The van der Waals surface area contributed by atoms with Gasteiger partial charge in [0, 0.05) is 11.6 Å². The SMILES string of the molecule is CC(C)(C)[C@H](NC(=O)Cc1ccccc1[N+](=O)[O-])C(=O)O. The number of carboxylic acid groups (broad SMARTS) is 1. The first-order valence-electron chi connectivity index (χ1n) is 6.37. The normalized spacial score (nSPS) is 12.5. The summed E-state index contributed by atoms with van der Waals surface area (Å²) >= 11 is 0. The van der Waals surface area contributed by atoms with Gasteiger partial charge >= 0.3 is 5.97 Å². The molecule has 0 bridgehead atoms. The molecule has 0 spiro atoms. The standard InChI is InChI=1S/C14H18N2O5/c1-14(2,3)12(13(18)19)15-11(17)8-9-6-4-5-7-10(9)16(20)21/h4-7,12H,8H2,1-3H3,(H,15,17)(H,18,19)/t12-/m1/s1. The van der Waals surface area contributed by atoms with E-state index in [1.165, 1.54) is 18.2 Å². The van der Waals surface area contributed by atoms with Crippen molar-refractivity contribution >= 4 is 17.6 Å². The molecule has 0 unspecified atom stereocenters.